The highest BCUT2D eigenvalue weighted by molar-refractivity contribution is 5.92. The van der Waals surface area contributed by atoms with Gasteiger partial charge in [-0.05, 0) is 48.8 Å². The third-order valence-electron chi connectivity index (χ3n) is 6.69. The molecule has 1 heterocycles. The highest BCUT2D eigenvalue weighted by Gasteiger charge is 2.36. The van der Waals surface area contributed by atoms with Gasteiger partial charge < -0.3 is 10.1 Å². The van der Waals surface area contributed by atoms with Gasteiger partial charge in [-0.25, -0.2) is 4.98 Å². The van der Waals surface area contributed by atoms with Crippen LogP contribution in [0.3, 0.4) is 0 Å². The van der Waals surface area contributed by atoms with Gasteiger partial charge in [0, 0.05) is 13.0 Å². The van der Waals surface area contributed by atoms with Gasteiger partial charge in [-0.3, -0.25) is 9.36 Å². The first-order chi connectivity index (χ1) is 16.0. The lowest BCUT2D eigenvalue weighted by Gasteiger charge is -2.26. The maximum absolute atomic E-state index is 15.5. The molecule has 0 spiro atoms. The molecule has 1 atom stereocenters. The van der Waals surface area contributed by atoms with E-state index in [1.807, 2.05) is 0 Å². The van der Waals surface area contributed by atoms with Crippen LogP contribution in [0.2, 0.25) is 0 Å². The maximum atomic E-state index is 15.5. The van der Waals surface area contributed by atoms with Crippen molar-refractivity contribution in [1.82, 2.24) is 14.9 Å². The average Bonchev–Trinajstić information content (AvgIpc) is 3.13. The molecule has 188 valence electrons. The van der Waals surface area contributed by atoms with Crippen molar-refractivity contribution in [1.29, 1.82) is 0 Å². The first-order valence-electron chi connectivity index (χ1n) is 11.8. The van der Waals surface area contributed by atoms with Gasteiger partial charge in [0.05, 0.1) is 18.7 Å². The number of rotatable bonds is 8. The third kappa shape index (κ3) is 5.91. The largest absolute Gasteiger partial charge is 0.495 e. The molecule has 1 unspecified atom stereocenters. The van der Waals surface area contributed by atoms with Crippen LogP contribution in [0.1, 0.15) is 68.3 Å². The standard InChI is InChI=1S/C25H33F4N3O2/c1-5-21-31-22(24(33)30-14-17-8-6-15(2)7-9-17)23(26)32(21)19-11-10-18(13-20(19)34-4)12-16(3)25(27,28)29/h10-11,13,15-17H,5-9,12,14H2,1-4H3,(H,30,33). The monoisotopic (exact) mass is 483 g/mol. The molecular weight excluding hydrogens is 450 g/mol. The van der Waals surface area contributed by atoms with Crippen LogP contribution >= 0.6 is 0 Å². The number of nitrogens with zero attached hydrogens (tertiary/aromatic N) is 2. The van der Waals surface area contributed by atoms with Gasteiger partial charge in [0.1, 0.15) is 11.6 Å². The third-order valence-corrected chi connectivity index (χ3v) is 6.69. The topological polar surface area (TPSA) is 56.2 Å². The number of halogens is 4. The zero-order valence-electron chi connectivity index (χ0n) is 20.1. The minimum Gasteiger partial charge on any atom is -0.495 e. The molecule has 3 rings (SSSR count). The van der Waals surface area contributed by atoms with Crippen molar-refractivity contribution in [2.75, 3.05) is 13.7 Å². The Morgan fingerprint density at radius 3 is 2.53 bits per heavy atom. The fourth-order valence-electron chi connectivity index (χ4n) is 4.43. The Labute approximate surface area is 197 Å². The van der Waals surface area contributed by atoms with Gasteiger partial charge >= 0.3 is 6.18 Å². The summed E-state index contributed by atoms with van der Waals surface area (Å²) >= 11 is 0. The number of amides is 1. The number of nitrogens with one attached hydrogen (secondary N) is 1. The molecule has 0 bridgehead atoms. The Kier molecular flexibility index (Phi) is 8.25. The zero-order valence-corrected chi connectivity index (χ0v) is 20.1. The Morgan fingerprint density at radius 2 is 1.94 bits per heavy atom. The van der Waals surface area contributed by atoms with Gasteiger partial charge in [0.2, 0.25) is 5.95 Å². The Bertz CT molecular complexity index is 995. The molecule has 1 fully saturated rings. The number of benzene rings is 1. The summed E-state index contributed by atoms with van der Waals surface area (Å²) in [5, 5.41) is 2.82. The molecule has 1 amide bonds. The number of aromatic nitrogens is 2. The number of hydrogen-bond acceptors (Lipinski definition) is 3. The van der Waals surface area contributed by atoms with Gasteiger partial charge in [-0.1, -0.05) is 39.7 Å². The number of imidazole rings is 1. The van der Waals surface area contributed by atoms with Crippen LogP contribution in [0.5, 0.6) is 5.75 Å². The molecule has 1 aliphatic rings. The maximum Gasteiger partial charge on any atom is 0.391 e. The van der Waals surface area contributed by atoms with Crippen molar-refractivity contribution in [3.63, 3.8) is 0 Å². The number of carbonyl (C=O) groups is 1. The Balaban J connectivity index is 1.83. The van der Waals surface area contributed by atoms with E-state index in [9.17, 15) is 18.0 Å². The number of hydrogen-bond donors (Lipinski definition) is 1. The summed E-state index contributed by atoms with van der Waals surface area (Å²) in [6.45, 7) is 5.61. The molecular formula is C25H33F4N3O2. The molecule has 1 saturated carbocycles. The molecule has 1 aromatic carbocycles. The van der Waals surface area contributed by atoms with E-state index in [0.717, 1.165) is 32.6 Å². The van der Waals surface area contributed by atoms with Crippen LogP contribution in [-0.4, -0.2) is 35.3 Å². The van der Waals surface area contributed by atoms with Crippen molar-refractivity contribution in [2.45, 2.75) is 65.5 Å². The van der Waals surface area contributed by atoms with Crippen molar-refractivity contribution >= 4 is 5.91 Å². The number of alkyl halides is 3. The molecule has 2 aromatic rings. The quantitative estimate of drug-likeness (QED) is 0.477. The van der Waals surface area contributed by atoms with Gasteiger partial charge in [-0.2, -0.15) is 17.6 Å². The molecule has 0 aliphatic heterocycles. The highest BCUT2D eigenvalue weighted by atomic mass is 19.4. The lowest BCUT2D eigenvalue weighted by Crippen LogP contribution is -2.31. The second-order valence-corrected chi connectivity index (χ2v) is 9.35. The van der Waals surface area contributed by atoms with Crippen LogP contribution in [0, 0.1) is 23.7 Å². The minimum atomic E-state index is -4.31. The minimum absolute atomic E-state index is 0.209. The second kappa shape index (κ2) is 10.8. The summed E-state index contributed by atoms with van der Waals surface area (Å²) in [6.07, 6.45) is 0.143. The van der Waals surface area contributed by atoms with Crippen LogP contribution in [0.15, 0.2) is 18.2 Å². The summed E-state index contributed by atoms with van der Waals surface area (Å²) in [5.41, 5.74) is 0.412. The van der Waals surface area contributed by atoms with E-state index in [2.05, 4.69) is 17.2 Å². The molecule has 1 N–H and O–H groups in total. The van der Waals surface area contributed by atoms with Gasteiger partial charge in [-0.15, -0.1) is 0 Å². The van der Waals surface area contributed by atoms with Crippen LogP contribution in [0.25, 0.3) is 5.69 Å². The predicted octanol–water partition coefficient (Wildman–Crippen LogP) is 5.88. The SMILES string of the molecule is CCc1nc(C(=O)NCC2CCC(C)CC2)c(F)n1-c1ccc(CC(C)C(F)(F)F)cc1OC. The lowest BCUT2D eigenvalue weighted by atomic mass is 9.83. The number of carbonyl (C=O) groups excluding carboxylic acids is 1. The van der Waals surface area contributed by atoms with Crippen LogP contribution in [-0.2, 0) is 12.8 Å². The Morgan fingerprint density at radius 1 is 1.26 bits per heavy atom. The lowest BCUT2D eigenvalue weighted by molar-refractivity contribution is -0.169. The van der Waals surface area contributed by atoms with Crippen molar-refractivity contribution < 1.29 is 27.1 Å². The molecule has 5 nitrogen and oxygen atoms in total. The molecule has 34 heavy (non-hydrogen) atoms. The van der Waals surface area contributed by atoms with Gasteiger partial charge in [0.25, 0.3) is 5.91 Å². The van der Waals surface area contributed by atoms with E-state index in [1.165, 1.54) is 29.9 Å². The highest BCUT2D eigenvalue weighted by Crippen LogP contribution is 2.33. The fourth-order valence-corrected chi connectivity index (χ4v) is 4.43. The number of ether oxygens (including phenoxy) is 1. The van der Waals surface area contributed by atoms with Crippen LogP contribution in [0.4, 0.5) is 17.6 Å². The summed E-state index contributed by atoms with van der Waals surface area (Å²) < 4.78 is 60.9. The van der Waals surface area contributed by atoms with E-state index in [4.69, 9.17) is 4.74 Å². The van der Waals surface area contributed by atoms with E-state index in [0.29, 0.717) is 36.2 Å². The summed E-state index contributed by atoms with van der Waals surface area (Å²) in [7, 11) is 1.37. The second-order valence-electron chi connectivity index (χ2n) is 9.35. The first kappa shape index (κ1) is 26.0. The first-order valence-corrected chi connectivity index (χ1v) is 11.8. The predicted molar refractivity (Wildman–Crippen MR) is 122 cm³/mol. The van der Waals surface area contributed by atoms with Gasteiger partial charge in [0.15, 0.2) is 5.69 Å². The molecule has 1 aromatic heterocycles. The Hall–Kier alpha value is -2.58. The summed E-state index contributed by atoms with van der Waals surface area (Å²) in [6, 6.07) is 4.50. The molecule has 0 radical (unpaired) electrons. The normalized spacial score (nSPS) is 19.6. The smallest absolute Gasteiger partial charge is 0.391 e. The van der Waals surface area contributed by atoms with E-state index >= 15 is 4.39 Å². The average molecular weight is 484 g/mol. The zero-order chi connectivity index (χ0) is 25.0. The molecule has 0 saturated heterocycles. The van der Waals surface area contributed by atoms with E-state index in [1.54, 1.807) is 6.92 Å². The van der Waals surface area contributed by atoms with E-state index < -0.39 is 23.9 Å². The van der Waals surface area contributed by atoms with Crippen molar-refractivity contribution in [3.8, 4) is 11.4 Å². The summed E-state index contributed by atoms with van der Waals surface area (Å²) in [4.78, 5) is 17.0. The van der Waals surface area contributed by atoms with Crippen molar-refractivity contribution in [3.05, 3.63) is 41.2 Å². The van der Waals surface area contributed by atoms with E-state index in [-0.39, 0.29) is 23.6 Å². The molecule has 1 aliphatic carbocycles. The number of aryl methyl sites for hydroxylation is 1. The molecule has 9 heteroatoms. The van der Waals surface area contributed by atoms with Crippen molar-refractivity contribution in [2.24, 2.45) is 17.8 Å². The summed E-state index contributed by atoms with van der Waals surface area (Å²) in [5.74, 6) is -1.31. The van der Waals surface area contributed by atoms with Crippen LogP contribution < -0.4 is 10.1 Å². The fraction of sp³-hybridized carbons (Fsp3) is 0.600. The number of methoxy groups -OCH3 is 1.